The van der Waals surface area contributed by atoms with Gasteiger partial charge in [0.15, 0.2) is 0 Å². The van der Waals surface area contributed by atoms with Crippen LogP contribution >= 0.6 is 0 Å². The summed E-state index contributed by atoms with van der Waals surface area (Å²) in [5.74, 6) is -1.10. The van der Waals surface area contributed by atoms with Crippen LogP contribution in [0.15, 0.2) is 22.6 Å². The Hall–Kier alpha value is -2.77. The second kappa shape index (κ2) is 7.63. The smallest absolute Gasteiger partial charge is 0.305 e. The molecular weight excluding hydrogens is 346 g/mol. The van der Waals surface area contributed by atoms with E-state index in [1.54, 1.807) is 4.90 Å². The number of amides is 1. The van der Waals surface area contributed by atoms with Crippen LogP contribution in [-0.4, -0.2) is 35.4 Å². The molecule has 1 aromatic carbocycles. The molecule has 2 aromatic rings. The van der Waals surface area contributed by atoms with E-state index in [1.807, 2.05) is 0 Å². The number of esters is 1. The first kappa shape index (κ1) is 18.0. The minimum atomic E-state index is -0.710. The number of benzene rings is 1. The van der Waals surface area contributed by atoms with Crippen LogP contribution in [0.2, 0.25) is 0 Å². The highest BCUT2D eigenvalue weighted by atomic mass is 19.1. The highest BCUT2D eigenvalue weighted by Gasteiger charge is 2.26. The van der Waals surface area contributed by atoms with Gasteiger partial charge >= 0.3 is 5.97 Å². The summed E-state index contributed by atoms with van der Waals surface area (Å²) >= 11 is 0. The van der Waals surface area contributed by atoms with E-state index in [-0.39, 0.29) is 42.7 Å². The van der Waals surface area contributed by atoms with E-state index in [4.69, 9.17) is 4.42 Å². The summed E-state index contributed by atoms with van der Waals surface area (Å²) in [5.41, 5.74) is 0.796. The minimum absolute atomic E-state index is 0.0825. The lowest BCUT2D eigenvalue weighted by atomic mass is 10.1. The van der Waals surface area contributed by atoms with Crippen LogP contribution in [0.25, 0.3) is 11.5 Å². The number of aromatic nitrogens is 1. The zero-order chi connectivity index (χ0) is 18.7. The average Bonchev–Trinajstić information content (AvgIpc) is 3.03. The zero-order valence-electron chi connectivity index (χ0n) is 14.3. The molecule has 26 heavy (non-hydrogen) atoms. The zero-order valence-corrected chi connectivity index (χ0v) is 14.3. The predicted octanol–water partition coefficient (Wildman–Crippen LogP) is 2.85. The first-order chi connectivity index (χ1) is 12.5. The van der Waals surface area contributed by atoms with Gasteiger partial charge in [-0.1, -0.05) is 0 Å². The maximum Gasteiger partial charge on any atom is 0.305 e. The lowest BCUT2D eigenvalue weighted by molar-refractivity contribution is -0.141. The Bertz CT molecular complexity index is 814. The van der Waals surface area contributed by atoms with Gasteiger partial charge in [0.25, 0.3) is 0 Å². The van der Waals surface area contributed by atoms with Crippen molar-refractivity contribution in [1.29, 1.82) is 0 Å². The van der Waals surface area contributed by atoms with Gasteiger partial charge in [-0.2, -0.15) is 0 Å². The molecule has 0 saturated carbocycles. The summed E-state index contributed by atoms with van der Waals surface area (Å²) in [5, 5.41) is 0. The normalized spacial score (nSPS) is 13.4. The summed E-state index contributed by atoms with van der Waals surface area (Å²) in [6.45, 7) is 0.740. The molecule has 0 aliphatic carbocycles. The molecule has 0 bridgehead atoms. The second-order valence-electron chi connectivity index (χ2n) is 6.04. The number of ether oxygens (including phenoxy) is 1. The van der Waals surface area contributed by atoms with E-state index in [1.165, 1.54) is 7.11 Å². The summed E-state index contributed by atoms with van der Waals surface area (Å²) in [6, 6.07) is 3.08. The van der Waals surface area contributed by atoms with Crippen molar-refractivity contribution in [2.24, 2.45) is 0 Å². The van der Waals surface area contributed by atoms with Crippen molar-refractivity contribution in [3.8, 4) is 11.5 Å². The second-order valence-corrected chi connectivity index (χ2v) is 6.04. The fourth-order valence-corrected chi connectivity index (χ4v) is 2.86. The van der Waals surface area contributed by atoms with Crippen molar-refractivity contribution in [3.63, 3.8) is 0 Å². The maximum atomic E-state index is 13.4. The van der Waals surface area contributed by atoms with Crippen LogP contribution in [0.1, 0.15) is 30.7 Å². The van der Waals surface area contributed by atoms with Crippen LogP contribution in [0.4, 0.5) is 8.78 Å². The van der Waals surface area contributed by atoms with Crippen LogP contribution in [0.5, 0.6) is 0 Å². The molecule has 3 rings (SSSR count). The molecule has 0 N–H and O–H groups in total. The van der Waals surface area contributed by atoms with Gasteiger partial charge in [0.05, 0.1) is 13.7 Å². The fraction of sp³-hybridized carbons (Fsp3) is 0.389. The molecule has 0 atom stereocenters. The molecule has 0 saturated heterocycles. The SMILES string of the molecule is COC(=O)CCCC(=O)N1CCc2oc(-c3cc(F)cc(F)c3)nc2C1. The molecule has 1 aromatic heterocycles. The Labute approximate surface area is 148 Å². The Morgan fingerprint density at radius 2 is 1.96 bits per heavy atom. The molecule has 1 amide bonds. The molecular formula is C18H18F2N2O4. The van der Waals surface area contributed by atoms with Crippen molar-refractivity contribution in [1.82, 2.24) is 9.88 Å². The highest BCUT2D eigenvalue weighted by Crippen LogP contribution is 2.27. The van der Waals surface area contributed by atoms with Crippen LogP contribution in [0, 0.1) is 11.6 Å². The molecule has 0 unspecified atom stereocenters. The molecule has 2 heterocycles. The Morgan fingerprint density at radius 1 is 1.23 bits per heavy atom. The standard InChI is InChI=1S/C18H18F2N2O4/c1-25-17(24)4-2-3-16(23)22-6-5-15-14(10-22)21-18(26-15)11-7-12(19)9-13(20)8-11/h7-9H,2-6,10H2,1H3. The van der Waals surface area contributed by atoms with E-state index in [0.717, 1.165) is 18.2 Å². The molecule has 138 valence electrons. The molecule has 8 heteroatoms. The van der Waals surface area contributed by atoms with Crippen LogP contribution in [0.3, 0.4) is 0 Å². The number of carbonyl (C=O) groups is 2. The van der Waals surface area contributed by atoms with Crippen LogP contribution < -0.4 is 0 Å². The Kier molecular flexibility index (Phi) is 5.29. The molecule has 1 aliphatic heterocycles. The number of halogens is 2. The first-order valence-electron chi connectivity index (χ1n) is 8.26. The number of oxazole rings is 1. The van der Waals surface area contributed by atoms with Crippen LogP contribution in [-0.2, 0) is 27.3 Å². The lowest BCUT2D eigenvalue weighted by Crippen LogP contribution is -2.35. The molecule has 0 fully saturated rings. The topological polar surface area (TPSA) is 72.6 Å². The molecule has 0 radical (unpaired) electrons. The third kappa shape index (κ3) is 4.07. The number of hydrogen-bond acceptors (Lipinski definition) is 5. The van der Waals surface area contributed by atoms with Gasteiger partial charge < -0.3 is 14.1 Å². The maximum absolute atomic E-state index is 13.4. The van der Waals surface area contributed by atoms with Crippen molar-refractivity contribution in [2.75, 3.05) is 13.7 Å². The Morgan fingerprint density at radius 3 is 2.65 bits per heavy atom. The number of nitrogens with zero attached hydrogens (tertiary/aromatic N) is 2. The summed E-state index contributed by atoms with van der Waals surface area (Å²) in [6.07, 6.45) is 1.33. The minimum Gasteiger partial charge on any atom is -0.469 e. The van der Waals surface area contributed by atoms with Gasteiger partial charge in [0.2, 0.25) is 11.8 Å². The first-order valence-corrected chi connectivity index (χ1v) is 8.26. The van der Waals surface area contributed by atoms with Gasteiger partial charge in [-0.25, -0.2) is 13.8 Å². The van der Waals surface area contributed by atoms with Gasteiger partial charge in [-0.3, -0.25) is 9.59 Å². The van der Waals surface area contributed by atoms with Crippen molar-refractivity contribution < 1.29 is 27.5 Å². The van der Waals surface area contributed by atoms with E-state index < -0.39 is 11.6 Å². The number of hydrogen-bond donors (Lipinski definition) is 0. The van der Waals surface area contributed by atoms with Crippen molar-refractivity contribution >= 4 is 11.9 Å². The average molecular weight is 364 g/mol. The number of fused-ring (bicyclic) bond motifs is 1. The van der Waals surface area contributed by atoms with Crippen molar-refractivity contribution in [3.05, 3.63) is 41.3 Å². The third-order valence-corrected chi connectivity index (χ3v) is 4.19. The highest BCUT2D eigenvalue weighted by molar-refractivity contribution is 5.77. The largest absolute Gasteiger partial charge is 0.469 e. The van der Waals surface area contributed by atoms with E-state index in [0.29, 0.717) is 30.8 Å². The number of rotatable bonds is 5. The molecule has 6 nitrogen and oxygen atoms in total. The Balaban J connectivity index is 1.66. The number of methoxy groups -OCH3 is 1. The van der Waals surface area contributed by atoms with E-state index in [9.17, 15) is 18.4 Å². The fourth-order valence-electron chi connectivity index (χ4n) is 2.86. The lowest BCUT2D eigenvalue weighted by Gasteiger charge is -2.25. The summed E-state index contributed by atoms with van der Waals surface area (Å²) in [4.78, 5) is 29.3. The van der Waals surface area contributed by atoms with Crippen molar-refractivity contribution in [2.45, 2.75) is 32.2 Å². The molecule has 1 aliphatic rings. The van der Waals surface area contributed by atoms with Gasteiger partial charge in [0, 0.05) is 37.4 Å². The number of carbonyl (C=O) groups excluding carboxylic acids is 2. The van der Waals surface area contributed by atoms with Gasteiger partial charge in [-0.15, -0.1) is 0 Å². The predicted molar refractivity (Wildman–Crippen MR) is 86.8 cm³/mol. The van der Waals surface area contributed by atoms with Gasteiger partial charge in [-0.05, 0) is 18.6 Å². The third-order valence-electron chi connectivity index (χ3n) is 4.19. The van der Waals surface area contributed by atoms with E-state index in [2.05, 4.69) is 9.72 Å². The summed E-state index contributed by atoms with van der Waals surface area (Å²) < 4.78 is 36.9. The quantitative estimate of drug-likeness (QED) is 0.763. The molecule has 0 spiro atoms. The van der Waals surface area contributed by atoms with E-state index >= 15 is 0 Å². The van der Waals surface area contributed by atoms with Gasteiger partial charge in [0.1, 0.15) is 23.1 Å². The summed E-state index contributed by atoms with van der Waals surface area (Å²) in [7, 11) is 1.31. The monoisotopic (exact) mass is 364 g/mol.